The molecule has 0 saturated carbocycles. The Morgan fingerprint density at radius 2 is 2.04 bits per heavy atom. The van der Waals surface area contributed by atoms with Crippen molar-refractivity contribution in [3.05, 3.63) is 35.9 Å². The van der Waals surface area contributed by atoms with Crippen molar-refractivity contribution in [2.75, 3.05) is 13.1 Å². The number of hydrogen-bond donors (Lipinski definition) is 0. The molecule has 1 heterocycles. The van der Waals surface area contributed by atoms with Crippen molar-refractivity contribution in [1.29, 1.82) is 0 Å². The summed E-state index contributed by atoms with van der Waals surface area (Å²) < 4.78 is 21.2. The van der Waals surface area contributed by atoms with E-state index in [9.17, 15) is 9.00 Å². The van der Waals surface area contributed by atoms with Gasteiger partial charge in [0.25, 0.3) is 0 Å². The molecule has 1 aromatic carbocycles. The number of benzene rings is 1. The quantitative estimate of drug-likeness (QED) is 0.780. The topological polar surface area (TPSA) is 59.0 Å². The summed E-state index contributed by atoms with van der Waals surface area (Å²) in [4.78, 5) is 13.9. The van der Waals surface area contributed by atoms with Crippen molar-refractivity contribution in [2.24, 2.45) is 9.81 Å². The van der Waals surface area contributed by atoms with Crippen LogP contribution in [0.2, 0.25) is 0 Å². The minimum Gasteiger partial charge on any atom is -0.445 e. The number of carbonyl (C=O) groups is 1. The molecule has 2 rings (SSSR count). The third-order valence-corrected chi connectivity index (χ3v) is 5.30. The van der Waals surface area contributed by atoms with Crippen LogP contribution in [-0.4, -0.2) is 39.3 Å². The average molecular weight is 350 g/mol. The first-order valence-electron chi connectivity index (χ1n) is 8.12. The zero-order chi connectivity index (χ0) is 17.8. The predicted molar refractivity (Wildman–Crippen MR) is 97.3 cm³/mol. The van der Waals surface area contributed by atoms with E-state index in [4.69, 9.17) is 4.74 Å². The highest BCUT2D eigenvalue weighted by Crippen LogP contribution is 2.29. The lowest BCUT2D eigenvalue weighted by Crippen LogP contribution is -2.32. The van der Waals surface area contributed by atoms with Gasteiger partial charge in [-0.25, -0.2) is 9.00 Å². The molecule has 1 saturated heterocycles. The van der Waals surface area contributed by atoms with Crippen molar-refractivity contribution in [1.82, 2.24) is 4.90 Å². The number of amides is 1. The van der Waals surface area contributed by atoms with E-state index < -0.39 is 11.0 Å². The molecule has 6 heteroatoms. The number of rotatable bonds is 4. The van der Waals surface area contributed by atoms with Gasteiger partial charge in [0, 0.05) is 24.7 Å². The fraction of sp³-hybridized carbons (Fsp3) is 0.556. The van der Waals surface area contributed by atoms with Crippen LogP contribution in [-0.2, 0) is 22.3 Å². The second-order valence-corrected chi connectivity index (χ2v) is 9.40. The normalized spacial score (nSPS) is 22.8. The predicted octanol–water partition coefficient (Wildman–Crippen LogP) is 3.57. The Labute approximate surface area is 146 Å². The Morgan fingerprint density at radius 3 is 2.67 bits per heavy atom. The minimum atomic E-state index is -1.27. The fourth-order valence-electron chi connectivity index (χ4n) is 2.39. The second kappa shape index (κ2) is 7.47. The number of nitrogens with zero attached hydrogens (tertiary/aromatic N) is 2. The van der Waals surface area contributed by atoms with Crippen molar-refractivity contribution in [3.63, 3.8) is 0 Å². The van der Waals surface area contributed by atoms with Crippen molar-refractivity contribution in [2.45, 2.75) is 45.5 Å². The van der Waals surface area contributed by atoms with Crippen LogP contribution < -0.4 is 0 Å². The van der Waals surface area contributed by atoms with E-state index in [2.05, 4.69) is 4.40 Å². The third-order valence-electron chi connectivity index (χ3n) is 3.95. The highest BCUT2D eigenvalue weighted by Gasteiger charge is 2.36. The molecule has 0 unspecified atom stereocenters. The van der Waals surface area contributed by atoms with Crippen LogP contribution in [0.3, 0.4) is 0 Å². The van der Waals surface area contributed by atoms with Gasteiger partial charge in [0.2, 0.25) is 0 Å². The maximum Gasteiger partial charge on any atom is 0.410 e. The maximum absolute atomic E-state index is 12.2. The Balaban J connectivity index is 1.88. The van der Waals surface area contributed by atoms with Gasteiger partial charge in [-0.1, -0.05) is 37.3 Å². The summed E-state index contributed by atoms with van der Waals surface area (Å²) in [6.45, 7) is 9.14. The van der Waals surface area contributed by atoms with Crippen LogP contribution in [0.15, 0.2) is 34.7 Å². The smallest absolute Gasteiger partial charge is 0.410 e. The Kier molecular flexibility index (Phi) is 5.80. The second-order valence-electron chi connectivity index (χ2n) is 7.46. The Bertz CT molecular complexity index is 625. The van der Waals surface area contributed by atoms with Gasteiger partial charge in [-0.05, 0) is 32.8 Å². The molecular weight excluding hydrogens is 324 g/mol. The van der Waals surface area contributed by atoms with Crippen molar-refractivity contribution < 1.29 is 13.7 Å². The molecule has 5 nitrogen and oxygen atoms in total. The molecule has 0 bridgehead atoms. The molecule has 0 spiro atoms. The number of ether oxygens (including phenoxy) is 1. The van der Waals surface area contributed by atoms with Gasteiger partial charge < -0.3 is 9.64 Å². The van der Waals surface area contributed by atoms with Crippen LogP contribution >= 0.6 is 0 Å². The zero-order valence-electron chi connectivity index (χ0n) is 14.8. The molecule has 2 atom stereocenters. The summed E-state index contributed by atoms with van der Waals surface area (Å²) >= 11 is 0. The number of likely N-dealkylation sites (tertiary alicyclic amines) is 1. The van der Waals surface area contributed by atoms with Crippen LogP contribution in [0.1, 0.15) is 39.7 Å². The number of carbonyl (C=O) groups excluding carboxylic acids is 1. The summed E-state index contributed by atoms with van der Waals surface area (Å²) in [5.41, 5.74) is 0.710. The van der Waals surface area contributed by atoms with Crippen LogP contribution in [0, 0.1) is 5.41 Å². The van der Waals surface area contributed by atoms with Gasteiger partial charge in [-0.2, -0.15) is 4.40 Å². The van der Waals surface area contributed by atoms with Gasteiger partial charge in [0.05, 0.1) is 4.75 Å². The first kappa shape index (κ1) is 18.6. The van der Waals surface area contributed by atoms with E-state index >= 15 is 0 Å². The summed E-state index contributed by atoms with van der Waals surface area (Å²) in [6.07, 6.45) is 2.23. The number of hydrogen-bond acceptors (Lipinski definition) is 3. The summed E-state index contributed by atoms with van der Waals surface area (Å²) in [5, 5.41) is 0. The van der Waals surface area contributed by atoms with E-state index in [1.807, 2.05) is 58.0 Å². The van der Waals surface area contributed by atoms with Crippen LogP contribution in [0.4, 0.5) is 4.79 Å². The minimum absolute atomic E-state index is 0.257. The standard InChI is InChI=1S/C18H26N2O3S/c1-17(2,3)24(22)19-13-18(4)10-11-20(14-18)16(21)23-12-15-8-6-5-7-9-15/h5-9,13H,10-12,14H2,1-4H3/b19-13-/t18-,24-/m0/s1. The molecule has 0 N–H and O–H groups in total. The molecule has 0 aliphatic carbocycles. The Hall–Kier alpha value is -1.69. The third kappa shape index (κ3) is 5.16. The zero-order valence-corrected chi connectivity index (χ0v) is 15.6. The van der Waals surface area contributed by atoms with E-state index in [-0.39, 0.29) is 22.9 Å². The van der Waals surface area contributed by atoms with Gasteiger partial charge in [-0.3, -0.25) is 0 Å². The first-order chi connectivity index (χ1) is 11.2. The molecule has 132 valence electrons. The van der Waals surface area contributed by atoms with E-state index in [1.54, 1.807) is 11.1 Å². The average Bonchev–Trinajstić information content (AvgIpc) is 2.93. The lowest BCUT2D eigenvalue weighted by atomic mass is 9.92. The molecule has 24 heavy (non-hydrogen) atoms. The molecule has 1 aliphatic rings. The molecule has 0 aromatic heterocycles. The lowest BCUT2D eigenvalue weighted by molar-refractivity contribution is 0.102. The van der Waals surface area contributed by atoms with Crippen molar-refractivity contribution >= 4 is 23.3 Å². The molecule has 0 radical (unpaired) electrons. The summed E-state index contributed by atoms with van der Waals surface area (Å²) in [5.74, 6) is 0. The van der Waals surface area contributed by atoms with E-state index in [1.165, 1.54) is 0 Å². The Morgan fingerprint density at radius 1 is 1.38 bits per heavy atom. The molecule has 1 amide bonds. The van der Waals surface area contributed by atoms with Gasteiger partial charge in [-0.15, -0.1) is 0 Å². The molecular formula is C18H26N2O3S. The van der Waals surface area contributed by atoms with Crippen molar-refractivity contribution in [3.8, 4) is 0 Å². The fourth-order valence-corrected chi connectivity index (χ4v) is 3.06. The van der Waals surface area contributed by atoms with Crippen LogP contribution in [0.25, 0.3) is 0 Å². The van der Waals surface area contributed by atoms with Gasteiger partial charge in [0.1, 0.15) is 17.6 Å². The largest absolute Gasteiger partial charge is 0.445 e. The summed E-state index contributed by atoms with van der Waals surface area (Å²) in [7, 11) is -1.27. The van der Waals surface area contributed by atoms with E-state index in [0.29, 0.717) is 13.1 Å². The van der Waals surface area contributed by atoms with E-state index in [0.717, 1.165) is 12.0 Å². The SMILES string of the molecule is CC(C)(C)[S@](=O)/N=C\[C@]1(C)CCN(C(=O)OCc2ccccc2)C1. The lowest BCUT2D eigenvalue weighted by Gasteiger charge is -2.21. The highest BCUT2D eigenvalue weighted by atomic mass is 32.2. The maximum atomic E-state index is 12.2. The van der Waals surface area contributed by atoms with Gasteiger partial charge >= 0.3 is 6.09 Å². The molecule has 1 fully saturated rings. The summed E-state index contributed by atoms with van der Waals surface area (Å²) in [6, 6.07) is 9.62. The first-order valence-corrected chi connectivity index (χ1v) is 9.23. The monoisotopic (exact) mass is 350 g/mol. The van der Waals surface area contributed by atoms with Gasteiger partial charge in [0.15, 0.2) is 0 Å². The van der Waals surface area contributed by atoms with Crippen LogP contribution in [0.5, 0.6) is 0 Å². The molecule has 1 aliphatic heterocycles. The highest BCUT2D eigenvalue weighted by molar-refractivity contribution is 7.85. The molecule has 1 aromatic rings.